The van der Waals surface area contributed by atoms with Gasteiger partial charge in [-0.25, -0.2) is 0 Å². The molecule has 0 heterocycles. The highest BCUT2D eigenvalue weighted by Gasteiger charge is 2.33. The van der Waals surface area contributed by atoms with E-state index in [1.54, 1.807) is 0 Å². The zero-order valence-corrected chi connectivity index (χ0v) is 23.2. The molecule has 0 aliphatic rings. The van der Waals surface area contributed by atoms with Crippen LogP contribution in [-0.2, 0) is 22.5 Å². The molecule has 0 rings (SSSR count). The highest BCUT2D eigenvalue weighted by molar-refractivity contribution is 6.66. The molecular formula is C23H50O5Si2. The van der Waals surface area contributed by atoms with Crippen LogP contribution in [-0.4, -0.2) is 49.3 Å². The second-order valence-electron chi connectivity index (χ2n) is 8.40. The maximum Gasteiger partial charge on any atom is 0.334 e. The minimum Gasteiger partial charge on any atom is -0.395 e. The first-order valence-electron chi connectivity index (χ1n) is 12.3. The Balaban J connectivity index is 4.71. The molecule has 0 N–H and O–H groups in total. The number of hydrogen-bond acceptors (Lipinski definition) is 5. The predicted molar refractivity (Wildman–Crippen MR) is 130 cm³/mol. The van der Waals surface area contributed by atoms with E-state index in [0.29, 0.717) is 32.2 Å². The first-order valence-corrected chi connectivity index (χ1v) is 17.4. The summed E-state index contributed by atoms with van der Waals surface area (Å²) in [7, 11) is -4.18. The van der Waals surface area contributed by atoms with Gasteiger partial charge in [0, 0.05) is 38.3 Å². The number of carbonyl (C=O) groups is 1. The molecule has 0 aliphatic carbocycles. The topological polar surface area (TPSA) is 54.0 Å². The minimum atomic E-state index is -2.09. The number of Topliss-reactive ketones (excluding diaryl/α,β-unsaturated/α-hetero) is 1. The van der Waals surface area contributed by atoms with E-state index >= 15 is 0 Å². The van der Waals surface area contributed by atoms with Gasteiger partial charge in [0.25, 0.3) is 0 Å². The molecule has 180 valence electrons. The summed E-state index contributed by atoms with van der Waals surface area (Å²) >= 11 is 0. The van der Waals surface area contributed by atoms with Crippen LogP contribution < -0.4 is 0 Å². The van der Waals surface area contributed by atoms with Crippen molar-refractivity contribution in [2.45, 2.75) is 105 Å². The molecule has 0 bridgehead atoms. The lowest BCUT2D eigenvalue weighted by Crippen LogP contribution is -2.39. The third-order valence-corrected chi connectivity index (χ3v) is 12.1. The van der Waals surface area contributed by atoms with Gasteiger partial charge in [-0.2, -0.15) is 0 Å². The summed E-state index contributed by atoms with van der Waals surface area (Å²) in [5.41, 5.74) is 0. The standard InChI is InChI=1S/C23H50O5Si2/c1-9-21(17-15-19-29(7,25-11-3)26-12-4)23(24)22(10-2)18-16-20-30(8,27-13-5)28-14-6/h21-22H,9-20H2,1-8H3. The van der Waals surface area contributed by atoms with Crippen molar-refractivity contribution in [3.63, 3.8) is 0 Å². The third-order valence-electron chi connectivity index (χ3n) is 5.96. The van der Waals surface area contributed by atoms with Crippen LogP contribution in [0.2, 0.25) is 25.2 Å². The number of carbonyl (C=O) groups excluding carboxylic acids is 1. The molecule has 5 nitrogen and oxygen atoms in total. The lowest BCUT2D eigenvalue weighted by Gasteiger charge is -2.28. The number of ketones is 1. The van der Waals surface area contributed by atoms with Crippen molar-refractivity contribution in [1.82, 2.24) is 0 Å². The normalized spacial score (nSPS) is 14.7. The fourth-order valence-electron chi connectivity index (χ4n) is 4.36. The van der Waals surface area contributed by atoms with Crippen LogP contribution in [0.4, 0.5) is 0 Å². The lowest BCUT2D eigenvalue weighted by molar-refractivity contribution is -0.127. The average molecular weight is 463 g/mol. The van der Waals surface area contributed by atoms with Crippen molar-refractivity contribution in [1.29, 1.82) is 0 Å². The van der Waals surface area contributed by atoms with Gasteiger partial charge in [-0.05, 0) is 78.6 Å². The minimum absolute atomic E-state index is 0.152. The Kier molecular flexibility index (Phi) is 16.5. The van der Waals surface area contributed by atoms with E-state index in [1.165, 1.54) is 0 Å². The van der Waals surface area contributed by atoms with Gasteiger partial charge in [0.05, 0.1) is 0 Å². The fraction of sp³-hybridized carbons (Fsp3) is 0.957. The summed E-state index contributed by atoms with van der Waals surface area (Å²) in [6.07, 6.45) is 5.73. The monoisotopic (exact) mass is 462 g/mol. The Hall–Kier alpha value is -0.0562. The molecule has 7 heteroatoms. The highest BCUT2D eigenvalue weighted by atomic mass is 28.4. The van der Waals surface area contributed by atoms with E-state index in [9.17, 15) is 4.79 Å². The Morgan fingerprint density at radius 2 is 0.933 bits per heavy atom. The van der Waals surface area contributed by atoms with Gasteiger partial charge in [-0.3, -0.25) is 4.79 Å². The second-order valence-corrected chi connectivity index (χ2v) is 15.1. The van der Waals surface area contributed by atoms with Gasteiger partial charge in [-0.15, -0.1) is 0 Å². The number of hydrogen-bond donors (Lipinski definition) is 0. The van der Waals surface area contributed by atoms with Gasteiger partial charge in [0.2, 0.25) is 0 Å². The van der Waals surface area contributed by atoms with Crippen molar-refractivity contribution >= 4 is 22.9 Å². The van der Waals surface area contributed by atoms with Gasteiger partial charge >= 0.3 is 17.1 Å². The molecule has 0 radical (unpaired) electrons. The first kappa shape index (κ1) is 29.9. The fourth-order valence-corrected chi connectivity index (χ4v) is 9.24. The number of rotatable bonds is 20. The molecule has 0 aromatic rings. The van der Waals surface area contributed by atoms with Crippen molar-refractivity contribution in [3.8, 4) is 0 Å². The van der Waals surface area contributed by atoms with Crippen molar-refractivity contribution in [2.24, 2.45) is 11.8 Å². The van der Waals surface area contributed by atoms with Crippen molar-refractivity contribution < 1.29 is 22.5 Å². The zero-order chi connectivity index (χ0) is 23.0. The predicted octanol–water partition coefficient (Wildman–Crippen LogP) is 6.46. The van der Waals surface area contributed by atoms with Crippen LogP contribution in [0.25, 0.3) is 0 Å². The zero-order valence-electron chi connectivity index (χ0n) is 21.2. The van der Waals surface area contributed by atoms with E-state index < -0.39 is 17.1 Å². The van der Waals surface area contributed by atoms with Crippen LogP contribution in [0.5, 0.6) is 0 Å². The van der Waals surface area contributed by atoms with Gasteiger partial charge in [0.15, 0.2) is 0 Å². The summed E-state index contributed by atoms with van der Waals surface area (Å²) in [6.45, 7) is 19.5. The van der Waals surface area contributed by atoms with E-state index in [4.69, 9.17) is 17.7 Å². The van der Waals surface area contributed by atoms with E-state index in [0.717, 1.165) is 50.6 Å². The van der Waals surface area contributed by atoms with Gasteiger partial charge in [-0.1, -0.05) is 26.7 Å². The summed E-state index contributed by atoms with van der Waals surface area (Å²) in [5.74, 6) is 0.755. The second kappa shape index (κ2) is 16.6. The van der Waals surface area contributed by atoms with E-state index in [1.807, 2.05) is 27.7 Å². The third kappa shape index (κ3) is 11.5. The molecule has 0 amide bonds. The van der Waals surface area contributed by atoms with Crippen molar-refractivity contribution in [3.05, 3.63) is 0 Å². The Labute approximate surface area is 189 Å². The van der Waals surface area contributed by atoms with Crippen LogP contribution >= 0.6 is 0 Å². The summed E-state index contributed by atoms with van der Waals surface area (Å²) in [6, 6.07) is 1.92. The molecule has 2 unspecified atom stereocenters. The Bertz CT molecular complexity index is 397. The van der Waals surface area contributed by atoms with E-state index in [2.05, 4.69) is 26.9 Å². The van der Waals surface area contributed by atoms with Crippen LogP contribution in [0.1, 0.15) is 80.1 Å². The maximum absolute atomic E-state index is 13.2. The largest absolute Gasteiger partial charge is 0.395 e. The molecule has 30 heavy (non-hydrogen) atoms. The molecule has 0 aromatic carbocycles. The van der Waals surface area contributed by atoms with Crippen LogP contribution in [0.3, 0.4) is 0 Å². The molecule has 0 aromatic heterocycles. The first-order chi connectivity index (χ1) is 14.2. The Morgan fingerprint density at radius 1 is 0.633 bits per heavy atom. The molecule has 0 fully saturated rings. The molecule has 0 saturated carbocycles. The van der Waals surface area contributed by atoms with Crippen molar-refractivity contribution in [2.75, 3.05) is 26.4 Å². The van der Waals surface area contributed by atoms with E-state index in [-0.39, 0.29) is 11.8 Å². The van der Waals surface area contributed by atoms with Gasteiger partial charge in [0.1, 0.15) is 5.78 Å². The Morgan fingerprint density at radius 3 is 1.17 bits per heavy atom. The van der Waals surface area contributed by atoms with Gasteiger partial charge < -0.3 is 17.7 Å². The quantitative estimate of drug-likeness (QED) is 0.194. The SMILES string of the molecule is CCO[Si](C)(CCCC(CC)C(=O)C(CC)CCC[Si](C)(OCC)OCC)OCC. The molecular weight excluding hydrogens is 412 g/mol. The molecule has 0 spiro atoms. The molecule has 0 saturated heterocycles. The van der Waals surface area contributed by atoms with Crippen LogP contribution in [0, 0.1) is 11.8 Å². The van der Waals surface area contributed by atoms with Crippen LogP contribution in [0.15, 0.2) is 0 Å². The summed E-state index contributed by atoms with van der Waals surface area (Å²) in [5, 5.41) is 0. The molecule has 2 atom stereocenters. The lowest BCUT2D eigenvalue weighted by atomic mass is 9.84. The molecule has 0 aliphatic heterocycles. The summed E-state index contributed by atoms with van der Waals surface area (Å²) in [4.78, 5) is 13.2. The highest BCUT2D eigenvalue weighted by Crippen LogP contribution is 2.27. The smallest absolute Gasteiger partial charge is 0.334 e. The summed E-state index contributed by atoms with van der Waals surface area (Å²) < 4.78 is 23.8. The average Bonchev–Trinajstić information content (AvgIpc) is 2.69. The maximum atomic E-state index is 13.2.